The first-order valence-corrected chi connectivity index (χ1v) is 7.32. The van der Waals surface area contributed by atoms with Crippen molar-refractivity contribution in [3.63, 3.8) is 0 Å². The number of hydrogen-bond donors (Lipinski definition) is 1. The number of hydrogen-bond acceptors (Lipinski definition) is 2. The van der Waals surface area contributed by atoms with E-state index >= 15 is 0 Å². The zero-order valence-electron chi connectivity index (χ0n) is 11.5. The van der Waals surface area contributed by atoms with E-state index in [9.17, 15) is 0 Å². The van der Waals surface area contributed by atoms with Crippen molar-refractivity contribution in [1.29, 1.82) is 0 Å². The number of furan rings is 1. The van der Waals surface area contributed by atoms with Crippen molar-refractivity contribution in [3.05, 3.63) is 35.8 Å². The molecule has 0 amide bonds. The second-order valence-electron chi connectivity index (χ2n) is 5.25. The summed E-state index contributed by atoms with van der Waals surface area (Å²) in [4.78, 5) is 0. The minimum Gasteiger partial charge on any atom is -0.469 e. The lowest BCUT2D eigenvalue weighted by Gasteiger charge is -2.21. The van der Waals surface area contributed by atoms with E-state index in [-0.39, 0.29) is 0 Å². The van der Waals surface area contributed by atoms with Crippen LogP contribution in [0.1, 0.15) is 51.2 Å². The maximum atomic E-state index is 5.47. The standard InChI is InChI=1S/C16H25NO/c1-2-10-17-15(13-16-9-6-11-18-16)12-14-7-4-3-5-8-14/h6-7,9,11,15,17H,2-5,8,10,12-13H2,1H3. The van der Waals surface area contributed by atoms with Gasteiger partial charge in [-0.1, -0.05) is 18.6 Å². The van der Waals surface area contributed by atoms with Crippen molar-refractivity contribution >= 4 is 0 Å². The Labute approximate surface area is 110 Å². The predicted molar refractivity (Wildman–Crippen MR) is 75.7 cm³/mol. The number of nitrogens with one attached hydrogen (secondary N) is 1. The predicted octanol–water partition coefficient (Wildman–Crippen LogP) is 4.08. The van der Waals surface area contributed by atoms with E-state index < -0.39 is 0 Å². The molecule has 1 aliphatic carbocycles. The van der Waals surface area contributed by atoms with Gasteiger partial charge in [-0.3, -0.25) is 0 Å². The fraction of sp³-hybridized carbons (Fsp3) is 0.625. The van der Waals surface area contributed by atoms with Crippen LogP contribution in [0.2, 0.25) is 0 Å². The lowest BCUT2D eigenvalue weighted by Crippen LogP contribution is -2.32. The van der Waals surface area contributed by atoms with Gasteiger partial charge in [0, 0.05) is 12.5 Å². The molecule has 2 rings (SSSR count). The van der Waals surface area contributed by atoms with Crippen LogP contribution >= 0.6 is 0 Å². The average Bonchev–Trinajstić information content (AvgIpc) is 2.90. The average molecular weight is 247 g/mol. The maximum Gasteiger partial charge on any atom is 0.105 e. The summed E-state index contributed by atoms with van der Waals surface area (Å²) in [5.74, 6) is 1.10. The molecule has 1 aromatic rings. The SMILES string of the molecule is CCCNC(CC1=CCCCC1)Cc1ccco1. The molecule has 1 aliphatic rings. The Balaban J connectivity index is 1.89. The van der Waals surface area contributed by atoms with Gasteiger partial charge in [-0.2, -0.15) is 0 Å². The third-order valence-electron chi connectivity index (χ3n) is 3.60. The largest absolute Gasteiger partial charge is 0.469 e. The quantitative estimate of drug-likeness (QED) is 0.734. The van der Waals surface area contributed by atoms with Gasteiger partial charge in [-0.15, -0.1) is 0 Å². The first-order chi connectivity index (χ1) is 8.88. The normalized spacial score (nSPS) is 17.5. The van der Waals surface area contributed by atoms with Gasteiger partial charge in [-0.05, 0) is 57.2 Å². The molecular formula is C16H25NO. The maximum absolute atomic E-state index is 5.47. The third-order valence-corrected chi connectivity index (χ3v) is 3.60. The van der Waals surface area contributed by atoms with Crippen molar-refractivity contribution in [3.8, 4) is 0 Å². The molecule has 2 heteroatoms. The van der Waals surface area contributed by atoms with Crippen molar-refractivity contribution in [2.75, 3.05) is 6.54 Å². The molecule has 0 bridgehead atoms. The smallest absolute Gasteiger partial charge is 0.105 e. The van der Waals surface area contributed by atoms with Crippen LogP contribution in [0.25, 0.3) is 0 Å². The van der Waals surface area contributed by atoms with E-state index in [1.165, 1.54) is 38.5 Å². The van der Waals surface area contributed by atoms with Gasteiger partial charge in [0.25, 0.3) is 0 Å². The van der Waals surface area contributed by atoms with Gasteiger partial charge in [-0.25, -0.2) is 0 Å². The van der Waals surface area contributed by atoms with Crippen LogP contribution in [0.5, 0.6) is 0 Å². The number of allylic oxidation sites excluding steroid dienone is 1. The summed E-state index contributed by atoms with van der Waals surface area (Å²) in [5.41, 5.74) is 1.64. The zero-order chi connectivity index (χ0) is 12.6. The van der Waals surface area contributed by atoms with Crippen LogP contribution in [0, 0.1) is 0 Å². The zero-order valence-corrected chi connectivity index (χ0v) is 11.5. The van der Waals surface area contributed by atoms with E-state index in [2.05, 4.69) is 24.4 Å². The lowest BCUT2D eigenvalue weighted by molar-refractivity contribution is 0.433. The van der Waals surface area contributed by atoms with Gasteiger partial charge in [0.2, 0.25) is 0 Å². The summed E-state index contributed by atoms with van der Waals surface area (Å²) in [5, 5.41) is 3.65. The second kappa shape index (κ2) is 7.42. The molecule has 1 heterocycles. The summed E-state index contributed by atoms with van der Waals surface area (Å²) in [6.45, 7) is 3.31. The molecule has 0 radical (unpaired) electrons. The molecule has 100 valence electrons. The molecule has 1 atom stereocenters. The molecule has 1 aromatic heterocycles. The molecule has 0 fully saturated rings. The van der Waals surface area contributed by atoms with E-state index in [1.807, 2.05) is 6.07 Å². The van der Waals surface area contributed by atoms with Crippen LogP contribution in [-0.2, 0) is 6.42 Å². The molecule has 2 nitrogen and oxygen atoms in total. The highest BCUT2D eigenvalue weighted by atomic mass is 16.3. The molecule has 18 heavy (non-hydrogen) atoms. The first kappa shape index (κ1) is 13.4. The first-order valence-electron chi connectivity index (χ1n) is 7.32. The molecule has 1 N–H and O–H groups in total. The summed E-state index contributed by atoms with van der Waals surface area (Å²) >= 11 is 0. The minimum absolute atomic E-state index is 0.528. The van der Waals surface area contributed by atoms with Crippen molar-refractivity contribution in [2.45, 2.75) is 57.9 Å². The summed E-state index contributed by atoms with van der Waals surface area (Å²) < 4.78 is 5.47. The third kappa shape index (κ3) is 4.34. The van der Waals surface area contributed by atoms with Gasteiger partial charge >= 0.3 is 0 Å². The monoisotopic (exact) mass is 247 g/mol. The highest BCUT2D eigenvalue weighted by molar-refractivity contribution is 5.09. The van der Waals surface area contributed by atoms with Crippen LogP contribution < -0.4 is 5.32 Å². The molecular weight excluding hydrogens is 222 g/mol. The van der Waals surface area contributed by atoms with E-state index in [0.29, 0.717) is 6.04 Å². The summed E-state index contributed by atoms with van der Waals surface area (Å²) in [6.07, 6.45) is 12.9. The Bertz CT molecular complexity index is 353. The molecule has 0 saturated heterocycles. The van der Waals surface area contributed by atoms with Gasteiger partial charge in [0.15, 0.2) is 0 Å². The second-order valence-corrected chi connectivity index (χ2v) is 5.25. The fourth-order valence-electron chi connectivity index (χ4n) is 2.64. The van der Waals surface area contributed by atoms with Crippen molar-refractivity contribution in [1.82, 2.24) is 5.32 Å². The minimum atomic E-state index is 0.528. The Morgan fingerprint density at radius 3 is 2.94 bits per heavy atom. The van der Waals surface area contributed by atoms with Gasteiger partial charge in [0.05, 0.1) is 6.26 Å². The fourth-order valence-corrected chi connectivity index (χ4v) is 2.64. The molecule has 0 aromatic carbocycles. The van der Waals surface area contributed by atoms with Crippen LogP contribution in [0.15, 0.2) is 34.5 Å². The van der Waals surface area contributed by atoms with Crippen LogP contribution in [-0.4, -0.2) is 12.6 Å². The van der Waals surface area contributed by atoms with E-state index in [1.54, 1.807) is 11.8 Å². The molecule has 0 saturated carbocycles. The Hall–Kier alpha value is -1.02. The number of rotatable bonds is 7. The summed E-state index contributed by atoms with van der Waals surface area (Å²) in [7, 11) is 0. The van der Waals surface area contributed by atoms with Crippen molar-refractivity contribution < 1.29 is 4.42 Å². The topological polar surface area (TPSA) is 25.2 Å². The van der Waals surface area contributed by atoms with E-state index in [4.69, 9.17) is 4.42 Å². The Morgan fingerprint density at radius 1 is 1.33 bits per heavy atom. The van der Waals surface area contributed by atoms with Gasteiger partial charge in [0.1, 0.15) is 5.76 Å². The highest BCUT2D eigenvalue weighted by Crippen LogP contribution is 2.22. The highest BCUT2D eigenvalue weighted by Gasteiger charge is 2.14. The Kier molecular flexibility index (Phi) is 5.53. The van der Waals surface area contributed by atoms with Crippen LogP contribution in [0.3, 0.4) is 0 Å². The van der Waals surface area contributed by atoms with Gasteiger partial charge < -0.3 is 9.73 Å². The van der Waals surface area contributed by atoms with Crippen molar-refractivity contribution in [2.24, 2.45) is 0 Å². The lowest BCUT2D eigenvalue weighted by atomic mass is 9.93. The van der Waals surface area contributed by atoms with Crippen LogP contribution in [0.4, 0.5) is 0 Å². The molecule has 0 spiro atoms. The molecule has 0 aliphatic heterocycles. The molecule has 1 unspecified atom stereocenters. The van der Waals surface area contributed by atoms with E-state index in [0.717, 1.165) is 18.7 Å². The Morgan fingerprint density at radius 2 is 2.28 bits per heavy atom. The summed E-state index contributed by atoms with van der Waals surface area (Å²) in [6, 6.07) is 4.59.